The van der Waals surface area contributed by atoms with Crippen LogP contribution in [0.3, 0.4) is 0 Å². The summed E-state index contributed by atoms with van der Waals surface area (Å²) in [4.78, 5) is 12.4. The highest BCUT2D eigenvalue weighted by molar-refractivity contribution is 5.85. The molecule has 2 aliphatic rings. The molecule has 0 aromatic rings. The first-order valence-electron chi connectivity index (χ1n) is 3.36. The zero-order chi connectivity index (χ0) is 7.14. The molecule has 11 heavy (non-hydrogen) atoms. The van der Waals surface area contributed by atoms with Crippen molar-refractivity contribution in [1.29, 1.82) is 0 Å². The third-order valence-corrected chi connectivity index (χ3v) is 2.03. The smallest absolute Gasteiger partial charge is 0.229 e. The fourth-order valence-corrected chi connectivity index (χ4v) is 1.42. The van der Waals surface area contributed by atoms with Crippen LogP contribution in [0.5, 0.6) is 0 Å². The molecule has 2 saturated heterocycles. The van der Waals surface area contributed by atoms with Gasteiger partial charge >= 0.3 is 0 Å². The quantitative estimate of drug-likeness (QED) is 0.545. The number of fused-ring (bicyclic) bond motifs is 1. The van der Waals surface area contributed by atoms with Gasteiger partial charge in [-0.05, 0) is 0 Å². The van der Waals surface area contributed by atoms with E-state index in [1.165, 1.54) is 0 Å². The zero-order valence-corrected chi connectivity index (χ0v) is 6.71. The van der Waals surface area contributed by atoms with Gasteiger partial charge in [0.25, 0.3) is 0 Å². The highest BCUT2D eigenvalue weighted by Crippen LogP contribution is 2.28. The van der Waals surface area contributed by atoms with E-state index in [1.54, 1.807) is 4.90 Å². The lowest BCUT2D eigenvalue weighted by atomic mass is 10.1. The van der Waals surface area contributed by atoms with Gasteiger partial charge in [-0.3, -0.25) is 4.79 Å². The lowest BCUT2D eigenvalue weighted by Crippen LogP contribution is -2.53. The van der Waals surface area contributed by atoms with E-state index in [2.05, 4.69) is 0 Å². The summed E-state index contributed by atoms with van der Waals surface area (Å²) in [7, 11) is 0. The van der Waals surface area contributed by atoms with Gasteiger partial charge in [0.05, 0.1) is 25.7 Å². The van der Waals surface area contributed by atoms with E-state index in [0.29, 0.717) is 13.0 Å². The molecule has 1 N–H and O–H groups in total. The van der Waals surface area contributed by atoms with Crippen molar-refractivity contribution in [3.05, 3.63) is 0 Å². The van der Waals surface area contributed by atoms with Gasteiger partial charge in [0, 0.05) is 0 Å². The van der Waals surface area contributed by atoms with E-state index in [0.717, 1.165) is 0 Å². The maximum absolute atomic E-state index is 10.8. The molecule has 0 aliphatic carbocycles. The van der Waals surface area contributed by atoms with Gasteiger partial charge in [-0.2, -0.15) is 0 Å². The van der Waals surface area contributed by atoms with Crippen molar-refractivity contribution in [3.63, 3.8) is 0 Å². The van der Waals surface area contributed by atoms with Crippen LogP contribution in [0.25, 0.3) is 0 Å². The maximum Gasteiger partial charge on any atom is 0.229 e. The molecule has 2 aliphatic heterocycles. The minimum Gasteiger partial charge on any atom is -0.394 e. The summed E-state index contributed by atoms with van der Waals surface area (Å²) >= 11 is 0. The number of aliphatic hydroxyl groups is 1. The summed E-state index contributed by atoms with van der Waals surface area (Å²) < 4.78 is 5.17. The molecule has 2 atom stereocenters. The van der Waals surface area contributed by atoms with E-state index in [1.807, 2.05) is 0 Å². The predicted octanol–water partition coefficient (Wildman–Crippen LogP) is -0.642. The second-order valence-corrected chi connectivity index (χ2v) is 2.63. The molecular weight excluding hydrogens is 170 g/mol. The molecule has 2 heterocycles. The average molecular weight is 180 g/mol. The Bertz CT molecular complexity index is 175. The number of amides is 1. The normalized spacial score (nSPS) is 34.3. The first-order valence-corrected chi connectivity index (χ1v) is 3.36. The fourth-order valence-electron chi connectivity index (χ4n) is 1.42. The number of ether oxygens (including phenoxy) is 1. The number of hydrogen-bond donors (Lipinski definition) is 1. The Hall–Kier alpha value is -0.320. The fraction of sp³-hybridized carbons (Fsp3) is 0.833. The largest absolute Gasteiger partial charge is 0.394 e. The van der Waals surface area contributed by atoms with Gasteiger partial charge in [-0.25, -0.2) is 0 Å². The molecule has 0 saturated carbocycles. The van der Waals surface area contributed by atoms with Gasteiger partial charge in [-0.1, -0.05) is 0 Å². The van der Waals surface area contributed by atoms with Gasteiger partial charge in [0.15, 0.2) is 0 Å². The molecule has 0 bridgehead atoms. The molecule has 2 fully saturated rings. The summed E-state index contributed by atoms with van der Waals surface area (Å²) in [5.74, 6) is 0.0987. The molecule has 0 radical (unpaired) electrons. The van der Waals surface area contributed by atoms with Gasteiger partial charge in [0.1, 0.15) is 6.23 Å². The number of carbonyl (C=O) groups is 1. The van der Waals surface area contributed by atoms with Crippen LogP contribution in [-0.2, 0) is 9.53 Å². The summed E-state index contributed by atoms with van der Waals surface area (Å²) in [6.45, 7) is 0.509. The van der Waals surface area contributed by atoms with E-state index >= 15 is 0 Å². The molecule has 5 heteroatoms. The molecular formula is C6H10ClNO3. The van der Waals surface area contributed by atoms with Crippen LogP contribution in [0.2, 0.25) is 0 Å². The second kappa shape index (κ2) is 2.97. The van der Waals surface area contributed by atoms with Crippen LogP contribution in [0, 0.1) is 0 Å². The first kappa shape index (κ1) is 8.77. The first-order chi connectivity index (χ1) is 4.83. The van der Waals surface area contributed by atoms with Crippen LogP contribution >= 0.6 is 12.4 Å². The summed E-state index contributed by atoms with van der Waals surface area (Å²) in [6.07, 6.45) is 0.473. The number of aliphatic hydroxyl groups excluding tert-OH is 1. The summed E-state index contributed by atoms with van der Waals surface area (Å²) in [6, 6.07) is -0.0775. The van der Waals surface area contributed by atoms with Crippen LogP contribution < -0.4 is 0 Å². The standard InChI is InChI=1S/C6H9NO3.ClH/c8-2-4-3-10-6-1-5(9)7(4)6;/h4,6,8H,1-3H2;1H. The predicted molar refractivity (Wildman–Crippen MR) is 39.3 cm³/mol. The summed E-state index contributed by atoms with van der Waals surface area (Å²) in [5, 5.41) is 8.73. The van der Waals surface area contributed by atoms with E-state index in [9.17, 15) is 4.79 Å². The van der Waals surface area contributed by atoms with Gasteiger partial charge in [0.2, 0.25) is 5.91 Å². The minimum absolute atomic E-state index is 0. The minimum atomic E-state index is -0.0775. The number of rotatable bonds is 1. The van der Waals surface area contributed by atoms with Crippen molar-refractivity contribution in [1.82, 2.24) is 4.90 Å². The third-order valence-electron chi connectivity index (χ3n) is 2.03. The Morgan fingerprint density at radius 3 is 2.91 bits per heavy atom. The molecule has 1 amide bonds. The molecule has 64 valence electrons. The van der Waals surface area contributed by atoms with E-state index < -0.39 is 0 Å². The van der Waals surface area contributed by atoms with Crippen molar-refractivity contribution < 1.29 is 14.6 Å². The average Bonchev–Trinajstić information content (AvgIpc) is 2.25. The zero-order valence-electron chi connectivity index (χ0n) is 5.90. The monoisotopic (exact) mass is 179 g/mol. The van der Waals surface area contributed by atoms with Gasteiger partial charge in [-0.15, -0.1) is 12.4 Å². The van der Waals surface area contributed by atoms with E-state index in [-0.39, 0.29) is 37.2 Å². The van der Waals surface area contributed by atoms with Crippen molar-refractivity contribution in [2.75, 3.05) is 13.2 Å². The molecule has 2 rings (SSSR count). The Kier molecular flexibility index (Phi) is 2.37. The second-order valence-electron chi connectivity index (χ2n) is 2.63. The van der Waals surface area contributed by atoms with Crippen LogP contribution in [0.4, 0.5) is 0 Å². The number of halogens is 1. The SMILES string of the molecule is Cl.O=C1CC2OCC(CO)N12. The highest BCUT2D eigenvalue weighted by atomic mass is 35.5. The van der Waals surface area contributed by atoms with Crippen LogP contribution in [0.1, 0.15) is 6.42 Å². The molecule has 0 aromatic carbocycles. The lowest BCUT2D eigenvalue weighted by Gasteiger charge is -2.35. The van der Waals surface area contributed by atoms with Crippen molar-refractivity contribution >= 4 is 18.3 Å². The number of carbonyl (C=O) groups excluding carboxylic acids is 1. The Labute approximate surface area is 70.5 Å². The molecule has 2 unspecified atom stereocenters. The topological polar surface area (TPSA) is 49.8 Å². The number of β-lactam (4-membered cyclic amide) rings is 1. The van der Waals surface area contributed by atoms with Crippen LogP contribution in [-0.4, -0.2) is 41.4 Å². The third kappa shape index (κ3) is 1.11. The number of hydrogen-bond acceptors (Lipinski definition) is 3. The lowest BCUT2D eigenvalue weighted by molar-refractivity contribution is -0.158. The Morgan fingerprint density at radius 1 is 1.73 bits per heavy atom. The molecule has 0 spiro atoms. The highest BCUT2D eigenvalue weighted by Gasteiger charge is 2.46. The Morgan fingerprint density at radius 2 is 2.45 bits per heavy atom. The molecule has 0 aromatic heterocycles. The van der Waals surface area contributed by atoms with Crippen molar-refractivity contribution in [2.45, 2.75) is 18.7 Å². The van der Waals surface area contributed by atoms with E-state index in [4.69, 9.17) is 9.84 Å². The molecule has 4 nitrogen and oxygen atoms in total. The Balaban J connectivity index is 0.000000605. The summed E-state index contributed by atoms with van der Waals surface area (Å²) in [5.41, 5.74) is 0. The van der Waals surface area contributed by atoms with Crippen molar-refractivity contribution in [3.8, 4) is 0 Å². The van der Waals surface area contributed by atoms with Crippen LogP contribution in [0.15, 0.2) is 0 Å². The van der Waals surface area contributed by atoms with Crippen molar-refractivity contribution in [2.24, 2.45) is 0 Å². The maximum atomic E-state index is 10.8. The number of nitrogens with zero attached hydrogens (tertiary/aromatic N) is 1. The van der Waals surface area contributed by atoms with Gasteiger partial charge < -0.3 is 14.7 Å².